The van der Waals surface area contributed by atoms with E-state index in [0.717, 1.165) is 0 Å². The van der Waals surface area contributed by atoms with Gasteiger partial charge in [-0.25, -0.2) is 15.0 Å². The lowest BCUT2D eigenvalue weighted by Gasteiger charge is -2.12. The van der Waals surface area contributed by atoms with E-state index in [1.165, 1.54) is 0 Å². The average Bonchev–Trinajstić information content (AvgIpc) is 2.81. The summed E-state index contributed by atoms with van der Waals surface area (Å²) < 4.78 is 5.35. The van der Waals surface area contributed by atoms with Gasteiger partial charge in [0.15, 0.2) is 29.7 Å². The smallest absolute Gasteiger partial charge is 0.185 e. The highest BCUT2D eigenvalue weighted by Gasteiger charge is 2.14. The van der Waals surface area contributed by atoms with Crippen LogP contribution in [0.1, 0.15) is 22.5 Å². The van der Waals surface area contributed by atoms with Crippen LogP contribution in [-0.4, -0.2) is 26.2 Å². The van der Waals surface area contributed by atoms with Crippen molar-refractivity contribution in [1.82, 2.24) is 19.9 Å². The number of carbonyl (C=O) groups is 1. The number of aromatic amines is 1. The van der Waals surface area contributed by atoms with E-state index in [0.29, 0.717) is 23.3 Å². The van der Waals surface area contributed by atoms with E-state index in [1.54, 1.807) is 18.5 Å². The molecule has 17 heavy (non-hydrogen) atoms. The maximum atomic E-state index is 10.6. The fourth-order valence-corrected chi connectivity index (χ4v) is 1.57. The summed E-state index contributed by atoms with van der Waals surface area (Å²) in [5, 5.41) is 0. The van der Waals surface area contributed by atoms with Gasteiger partial charge in [0.05, 0.1) is 12.5 Å². The summed E-state index contributed by atoms with van der Waals surface area (Å²) in [6.45, 7) is 0. The van der Waals surface area contributed by atoms with E-state index in [9.17, 15) is 4.79 Å². The Labute approximate surface area is 96.1 Å². The van der Waals surface area contributed by atoms with Crippen molar-refractivity contribution in [3.8, 4) is 0 Å². The van der Waals surface area contributed by atoms with Gasteiger partial charge in [0, 0.05) is 0 Å². The predicted octanol–water partition coefficient (Wildman–Crippen LogP) is 1.31. The number of hydrogen-bond acceptors (Lipinski definition) is 5. The summed E-state index contributed by atoms with van der Waals surface area (Å²) in [6, 6.07) is 0. The molecular weight excluding hydrogens is 220 g/mol. The van der Waals surface area contributed by atoms with Crippen molar-refractivity contribution in [2.24, 2.45) is 0 Å². The SMILES string of the molecule is O=Cc1nc2nc(C3C=CC=CO3)ncc2[nH]1. The van der Waals surface area contributed by atoms with Gasteiger partial charge in [0.1, 0.15) is 5.52 Å². The van der Waals surface area contributed by atoms with Gasteiger partial charge in [-0.3, -0.25) is 4.79 Å². The molecule has 0 saturated heterocycles. The number of aldehydes is 1. The number of imidazole rings is 1. The Morgan fingerprint density at radius 2 is 2.29 bits per heavy atom. The zero-order valence-electron chi connectivity index (χ0n) is 8.70. The fourth-order valence-electron chi connectivity index (χ4n) is 1.57. The van der Waals surface area contributed by atoms with E-state index < -0.39 is 0 Å². The van der Waals surface area contributed by atoms with Crippen molar-refractivity contribution in [2.75, 3.05) is 0 Å². The maximum absolute atomic E-state index is 10.6. The first-order valence-electron chi connectivity index (χ1n) is 5.03. The number of H-pyrrole nitrogens is 1. The fraction of sp³-hybridized carbons (Fsp3) is 0.0909. The molecular formula is C11H8N4O2. The van der Waals surface area contributed by atoms with E-state index in [4.69, 9.17) is 4.74 Å². The molecule has 6 heteroatoms. The minimum absolute atomic E-state index is 0.242. The van der Waals surface area contributed by atoms with Gasteiger partial charge in [-0.1, -0.05) is 6.08 Å². The van der Waals surface area contributed by atoms with Crippen molar-refractivity contribution in [1.29, 1.82) is 0 Å². The minimum Gasteiger partial charge on any atom is -0.486 e. The number of ether oxygens (including phenoxy) is 1. The highest BCUT2D eigenvalue weighted by Crippen LogP contribution is 2.19. The summed E-state index contributed by atoms with van der Waals surface area (Å²) in [6.07, 6.45) is 9.00. The first-order chi connectivity index (χ1) is 8.36. The highest BCUT2D eigenvalue weighted by atomic mass is 16.5. The second-order valence-electron chi connectivity index (χ2n) is 3.48. The van der Waals surface area contributed by atoms with Gasteiger partial charge in [0.2, 0.25) is 0 Å². The van der Waals surface area contributed by atoms with Crippen LogP contribution in [0.15, 0.2) is 30.7 Å². The maximum Gasteiger partial charge on any atom is 0.185 e. The molecule has 0 aromatic carbocycles. The van der Waals surface area contributed by atoms with E-state index >= 15 is 0 Å². The summed E-state index contributed by atoms with van der Waals surface area (Å²) in [7, 11) is 0. The number of hydrogen-bond donors (Lipinski definition) is 1. The second kappa shape index (κ2) is 3.82. The first-order valence-corrected chi connectivity index (χ1v) is 5.03. The Bertz CT molecular complexity index is 629. The van der Waals surface area contributed by atoms with Crippen LogP contribution in [0.2, 0.25) is 0 Å². The third-order valence-electron chi connectivity index (χ3n) is 2.34. The predicted molar refractivity (Wildman–Crippen MR) is 59.2 cm³/mol. The zero-order valence-corrected chi connectivity index (χ0v) is 8.70. The molecule has 1 aliphatic heterocycles. The lowest BCUT2D eigenvalue weighted by atomic mass is 10.2. The molecule has 1 unspecified atom stereocenters. The topological polar surface area (TPSA) is 80.8 Å². The average molecular weight is 228 g/mol. The Morgan fingerprint density at radius 3 is 3.06 bits per heavy atom. The monoisotopic (exact) mass is 228 g/mol. The Morgan fingerprint density at radius 1 is 1.35 bits per heavy atom. The Hall–Kier alpha value is -2.50. The lowest BCUT2D eigenvalue weighted by molar-refractivity contribution is 0.111. The molecule has 2 aromatic heterocycles. The van der Waals surface area contributed by atoms with Crippen molar-refractivity contribution in [3.05, 3.63) is 42.3 Å². The number of aromatic nitrogens is 4. The van der Waals surface area contributed by atoms with E-state index in [-0.39, 0.29) is 11.9 Å². The molecule has 0 spiro atoms. The molecule has 0 fully saturated rings. The standard InChI is InChI=1S/C11H8N4O2/c16-6-9-13-7-5-12-11(15-10(7)14-9)8-3-1-2-4-17-8/h1-6,8H,(H,12,13,14,15). The van der Waals surface area contributed by atoms with Crippen LogP contribution < -0.4 is 0 Å². The van der Waals surface area contributed by atoms with Crippen molar-refractivity contribution >= 4 is 17.5 Å². The summed E-state index contributed by atoms with van der Waals surface area (Å²) in [5.74, 6) is 0.758. The number of nitrogens with one attached hydrogen (secondary N) is 1. The summed E-state index contributed by atoms with van der Waals surface area (Å²) in [4.78, 5) is 25.8. The number of nitrogens with zero attached hydrogens (tertiary/aromatic N) is 3. The highest BCUT2D eigenvalue weighted by molar-refractivity contribution is 5.78. The van der Waals surface area contributed by atoms with E-state index in [2.05, 4.69) is 19.9 Å². The summed E-state index contributed by atoms with van der Waals surface area (Å²) >= 11 is 0. The van der Waals surface area contributed by atoms with Crippen molar-refractivity contribution < 1.29 is 9.53 Å². The molecule has 0 saturated carbocycles. The molecule has 1 atom stereocenters. The molecule has 0 aliphatic carbocycles. The molecule has 2 aromatic rings. The molecule has 0 bridgehead atoms. The van der Waals surface area contributed by atoms with Crippen LogP contribution in [0.4, 0.5) is 0 Å². The molecule has 0 radical (unpaired) electrons. The van der Waals surface area contributed by atoms with Crippen LogP contribution in [-0.2, 0) is 4.74 Å². The van der Waals surface area contributed by atoms with Gasteiger partial charge in [-0.15, -0.1) is 0 Å². The number of rotatable bonds is 2. The zero-order chi connectivity index (χ0) is 11.7. The number of fused-ring (bicyclic) bond motifs is 1. The quantitative estimate of drug-likeness (QED) is 0.783. The van der Waals surface area contributed by atoms with Crippen LogP contribution in [0.25, 0.3) is 11.2 Å². The second-order valence-corrected chi connectivity index (χ2v) is 3.48. The molecule has 1 N–H and O–H groups in total. The molecule has 1 aliphatic rings. The molecule has 84 valence electrons. The third-order valence-corrected chi connectivity index (χ3v) is 2.34. The molecule has 3 heterocycles. The van der Waals surface area contributed by atoms with Gasteiger partial charge >= 0.3 is 0 Å². The van der Waals surface area contributed by atoms with Crippen LogP contribution >= 0.6 is 0 Å². The Kier molecular flexibility index (Phi) is 2.18. The van der Waals surface area contributed by atoms with Gasteiger partial charge in [-0.05, 0) is 12.2 Å². The molecule has 0 amide bonds. The normalized spacial score (nSPS) is 18.2. The number of allylic oxidation sites excluding steroid dienone is 2. The number of carbonyl (C=O) groups excluding carboxylic acids is 1. The van der Waals surface area contributed by atoms with Crippen molar-refractivity contribution in [3.63, 3.8) is 0 Å². The lowest BCUT2D eigenvalue weighted by Crippen LogP contribution is -2.05. The summed E-state index contributed by atoms with van der Waals surface area (Å²) in [5.41, 5.74) is 1.09. The van der Waals surface area contributed by atoms with Crippen molar-refractivity contribution in [2.45, 2.75) is 6.10 Å². The largest absolute Gasteiger partial charge is 0.486 e. The van der Waals surface area contributed by atoms with E-state index in [1.807, 2.05) is 12.2 Å². The van der Waals surface area contributed by atoms with Crippen LogP contribution in [0, 0.1) is 0 Å². The first kappa shape index (κ1) is 9.71. The van der Waals surface area contributed by atoms with Gasteiger partial charge < -0.3 is 9.72 Å². The van der Waals surface area contributed by atoms with Gasteiger partial charge in [-0.2, -0.15) is 0 Å². The van der Waals surface area contributed by atoms with Crippen LogP contribution in [0.5, 0.6) is 0 Å². The molecule has 3 rings (SSSR count). The van der Waals surface area contributed by atoms with Crippen LogP contribution in [0.3, 0.4) is 0 Å². The third kappa shape index (κ3) is 1.69. The Balaban J connectivity index is 2.03. The van der Waals surface area contributed by atoms with Gasteiger partial charge in [0.25, 0.3) is 0 Å². The minimum atomic E-state index is -0.305. The molecule has 6 nitrogen and oxygen atoms in total.